The Kier molecular flexibility index (Phi) is 8.82. The molecule has 7 N–H and O–H groups in total. The fraction of sp³-hybridized carbons (Fsp3) is 0.478. The number of rotatable bonds is 8. The number of anilines is 2. The van der Waals surface area contributed by atoms with Gasteiger partial charge in [-0.05, 0) is 76.2 Å². The standard InChI is InChI=1S/C23H34N8O2/c1-16-7-2-3-9-19(16)28-23(33)30-22-27-15-18(20(32)29-22)17-8-6-13-31(14-10-17)12-5-4-11-26-21(24)25/h2-3,7,9,15,17H,4-6,8,10-14H2,1H3,(H4,24,25,26)(H3,27,28,29,30,32,33). The Morgan fingerprint density at radius 2 is 2.06 bits per heavy atom. The van der Waals surface area contributed by atoms with Gasteiger partial charge in [-0.15, -0.1) is 0 Å². The quantitative estimate of drug-likeness (QED) is 0.205. The number of unbranched alkanes of at least 4 members (excludes halogenated alkanes) is 1. The number of aryl methyl sites for hydroxylation is 1. The number of likely N-dealkylation sites (tertiary alicyclic amines) is 1. The summed E-state index contributed by atoms with van der Waals surface area (Å²) in [6.07, 6.45) is 6.55. The van der Waals surface area contributed by atoms with E-state index in [2.05, 4.69) is 30.8 Å². The third-order valence-electron chi connectivity index (χ3n) is 5.93. The highest BCUT2D eigenvalue weighted by atomic mass is 16.2. The van der Waals surface area contributed by atoms with Crippen molar-refractivity contribution in [1.82, 2.24) is 20.2 Å². The molecule has 0 saturated carbocycles. The van der Waals surface area contributed by atoms with E-state index < -0.39 is 6.03 Å². The molecule has 10 heteroatoms. The van der Waals surface area contributed by atoms with Crippen molar-refractivity contribution in [3.8, 4) is 0 Å². The van der Waals surface area contributed by atoms with Crippen molar-refractivity contribution in [2.45, 2.75) is 44.9 Å². The van der Waals surface area contributed by atoms with Gasteiger partial charge in [0.2, 0.25) is 5.95 Å². The summed E-state index contributed by atoms with van der Waals surface area (Å²) in [7, 11) is 0. The summed E-state index contributed by atoms with van der Waals surface area (Å²) >= 11 is 0. The number of nitrogens with two attached hydrogens (primary N) is 1. The van der Waals surface area contributed by atoms with Crippen LogP contribution in [0.2, 0.25) is 0 Å². The number of hydrogen-bond donors (Lipinski definition) is 6. The van der Waals surface area contributed by atoms with Crippen LogP contribution in [0.15, 0.2) is 35.3 Å². The van der Waals surface area contributed by atoms with Gasteiger partial charge < -0.3 is 26.3 Å². The second kappa shape index (κ2) is 12.0. The van der Waals surface area contributed by atoms with Crippen LogP contribution in [0.3, 0.4) is 0 Å². The summed E-state index contributed by atoms with van der Waals surface area (Å²) < 4.78 is 0. The molecule has 2 heterocycles. The van der Waals surface area contributed by atoms with E-state index in [-0.39, 0.29) is 23.4 Å². The average Bonchev–Trinajstić information content (AvgIpc) is 3.01. The van der Waals surface area contributed by atoms with E-state index in [1.807, 2.05) is 31.2 Å². The van der Waals surface area contributed by atoms with Crippen LogP contribution < -0.4 is 27.2 Å². The third-order valence-corrected chi connectivity index (χ3v) is 5.93. The lowest BCUT2D eigenvalue weighted by Gasteiger charge is -2.20. The minimum absolute atomic E-state index is 0.0135. The molecule has 1 aromatic heterocycles. The van der Waals surface area contributed by atoms with Gasteiger partial charge in [0, 0.05) is 24.0 Å². The van der Waals surface area contributed by atoms with Gasteiger partial charge in [0.15, 0.2) is 5.96 Å². The lowest BCUT2D eigenvalue weighted by molar-refractivity contribution is 0.262. The molecule has 0 aliphatic carbocycles. The highest BCUT2D eigenvalue weighted by Gasteiger charge is 2.21. The van der Waals surface area contributed by atoms with Gasteiger partial charge in [-0.2, -0.15) is 4.98 Å². The second-order valence-corrected chi connectivity index (χ2v) is 8.42. The van der Waals surface area contributed by atoms with Gasteiger partial charge in [0.05, 0.1) is 0 Å². The normalized spacial score (nSPS) is 16.6. The molecule has 1 fully saturated rings. The molecule has 2 aromatic rings. The summed E-state index contributed by atoms with van der Waals surface area (Å²) in [5.74, 6) is 0.296. The van der Waals surface area contributed by atoms with E-state index in [1.165, 1.54) is 0 Å². The fourth-order valence-electron chi connectivity index (χ4n) is 4.11. The molecule has 1 unspecified atom stereocenters. The van der Waals surface area contributed by atoms with Crippen LogP contribution in [0.4, 0.5) is 16.4 Å². The number of carbonyl (C=O) groups is 1. The Hall–Kier alpha value is -3.40. The van der Waals surface area contributed by atoms with E-state index in [4.69, 9.17) is 11.1 Å². The minimum Gasteiger partial charge on any atom is -0.370 e. The maximum atomic E-state index is 12.7. The Labute approximate surface area is 193 Å². The van der Waals surface area contributed by atoms with Crippen molar-refractivity contribution in [3.05, 3.63) is 51.9 Å². The number of benzene rings is 1. The zero-order valence-electron chi connectivity index (χ0n) is 19.1. The van der Waals surface area contributed by atoms with Gasteiger partial charge in [0.1, 0.15) is 0 Å². The number of guanidine groups is 1. The molecule has 178 valence electrons. The number of amides is 2. The molecule has 0 bridgehead atoms. The molecule has 0 spiro atoms. The van der Waals surface area contributed by atoms with Gasteiger partial charge in [-0.25, -0.2) is 4.79 Å². The number of aromatic nitrogens is 2. The number of aromatic amines is 1. The number of hydrogen-bond acceptors (Lipinski definition) is 5. The summed E-state index contributed by atoms with van der Waals surface area (Å²) in [6.45, 7) is 5.57. The molecule has 0 radical (unpaired) electrons. The Bertz CT molecular complexity index is 1010. The highest BCUT2D eigenvalue weighted by Crippen LogP contribution is 2.26. The molecule has 2 amide bonds. The summed E-state index contributed by atoms with van der Waals surface area (Å²) in [6, 6.07) is 7.01. The number of carbonyl (C=O) groups excluding carboxylic acids is 1. The van der Waals surface area contributed by atoms with Crippen molar-refractivity contribution in [1.29, 1.82) is 5.41 Å². The lowest BCUT2D eigenvalue weighted by atomic mass is 9.94. The van der Waals surface area contributed by atoms with Gasteiger partial charge in [-0.1, -0.05) is 18.2 Å². The van der Waals surface area contributed by atoms with Gasteiger partial charge in [0.25, 0.3) is 5.56 Å². The molecular formula is C23H34N8O2. The van der Waals surface area contributed by atoms with E-state index in [0.29, 0.717) is 11.3 Å². The van der Waals surface area contributed by atoms with Gasteiger partial charge in [-0.3, -0.25) is 15.5 Å². The summed E-state index contributed by atoms with van der Waals surface area (Å²) in [5, 5.41) is 15.4. The molecule has 10 nitrogen and oxygen atoms in total. The minimum atomic E-state index is -0.455. The summed E-state index contributed by atoms with van der Waals surface area (Å²) in [5.41, 5.74) is 7.32. The van der Waals surface area contributed by atoms with E-state index in [1.54, 1.807) is 6.20 Å². The lowest BCUT2D eigenvalue weighted by Crippen LogP contribution is -2.32. The first kappa shape index (κ1) is 24.2. The van der Waals surface area contributed by atoms with Crippen molar-refractivity contribution in [2.24, 2.45) is 5.73 Å². The van der Waals surface area contributed by atoms with Crippen molar-refractivity contribution in [3.63, 3.8) is 0 Å². The number of para-hydroxylation sites is 1. The van der Waals surface area contributed by atoms with Gasteiger partial charge >= 0.3 is 6.03 Å². The molecule has 3 rings (SSSR count). The highest BCUT2D eigenvalue weighted by molar-refractivity contribution is 5.99. The summed E-state index contributed by atoms with van der Waals surface area (Å²) in [4.78, 5) is 34.4. The molecule has 1 aromatic carbocycles. The fourth-order valence-corrected chi connectivity index (χ4v) is 4.11. The zero-order chi connectivity index (χ0) is 23.6. The second-order valence-electron chi connectivity index (χ2n) is 8.42. The topological polar surface area (TPSA) is 152 Å². The predicted molar refractivity (Wildman–Crippen MR) is 131 cm³/mol. The van der Waals surface area contributed by atoms with Crippen molar-refractivity contribution >= 4 is 23.6 Å². The van der Waals surface area contributed by atoms with Crippen LogP contribution in [0, 0.1) is 12.3 Å². The predicted octanol–water partition coefficient (Wildman–Crippen LogP) is 2.56. The number of urea groups is 1. The first-order chi connectivity index (χ1) is 15.9. The van der Waals surface area contributed by atoms with Crippen molar-refractivity contribution in [2.75, 3.05) is 36.8 Å². The van der Waals surface area contributed by atoms with Crippen LogP contribution in [0.25, 0.3) is 0 Å². The van der Waals surface area contributed by atoms with Crippen LogP contribution in [0.5, 0.6) is 0 Å². The first-order valence-electron chi connectivity index (χ1n) is 11.5. The van der Waals surface area contributed by atoms with E-state index in [0.717, 1.165) is 63.8 Å². The first-order valence-corrected chi connectivity index (χ1v) is 11.5. The number of H-pyrrole nitrogens is 1. The van der Waals surface area contributed by atoms with Crippen LogP contribution in [0.1, 0.15) is 49.1 Å². The largest absolute Gasteiger partial charge is 0.370 e. The third kappa shape index (κ3) is 7.60. The molecule has 1 saturated heterocycles. The number of nitrogens with zero attached hydrogens (tertiary/aromatic N) is 2. The Balaban J connectivity index is 1.50. The van der Waals surface area contributed by atoms with E-state index in [9.17, 15) is 9.59 Å². The smallest absolute Gasteiger partial charge is 0.326 e. The molecular weight excluding hydrogens is 420 g/mol. The Morgan fingerprint density at radius 3 is 2.82 bits per heavy atom. The monoisotopic (exact) mass is 454 g/mol. The van der Waals surface area contributed by atoms with Crippen LogP contribution >= 0.6 is 0 Å². The zero-order valence-corrected chi connectivity index (χ0v) is 19.1. The maximum Gasteiger partial charge on any atom is 0.326 e. The van der Waals surface area contributed by atoms with Crippen molar-refractivity contribution < 1.29 is 4.79 Å². The van der Waals surface area contributed by atoms with Crippen LogP contribution in [-0.2, 0) is 0 Å². The SMILES string of the molecule is Cc1ccccc1NC(=O)Nc1nc(=O)c(C2CCCN(CCCCNC(=N)N)CC2)c[nH]1. The van der Waals surface area contributed by atoms with E-state index >= 15 is 0 Å². The maximum absolute atomic E-state index is 12.7. The molecule has 1 aliphatic heterocycles. The molecule has 1 aliphatic rings. The van der Waals surface area contributed by atoms with Crippen LogP contribution in [-0.4, -0.2) is 53.0 Å². The Morgan fingerprint density at radius 1 is 1.24 bits per heavy atom. The number of nitrogens with one attached hydrogen (secondary N) is 5. The molecule has 1 atom stereocenters. The molecule has 33 heavy (non-hydrogen) atoms. The average molecular weight is 455 g/mol.